The number of carboxylic acids is 1. The molecule has 8 N–H and O–H groups in total. The summed E-state index contributed by atoms with van der Waals surface area (Å²) < 4.78 is 0. The number of hydrogen-bond acceptors (Lipinski definition) is 6. The van der Waals surface area contributed by atoms with Crippen LogP contribution in [0.25, 0.3) is 10.9 Å². The van der Waals surface area contributed by atoms with E-state index in [4.69, 9.17) is 11.5 Å². The second kappa shape index (κ2) is 14.1. The number of para-hydroxylation sites is 1. The zero-order valence-corrected chi connectivity index (χ0v) is 22.8. The van der Waals surface area contributed by atoms with E-state index < -0.39 is 47.9 Å². The molecule has 3 amide bonds. The number of carbonyl (C=O) groups is 4. The smallest absolute Gasteiger partial charge is 0.326 e. The van der Waals surface area contributed by atoms with E-state index in [9.17, 15) is 24.3 Å². The van der Waals surface area contributed by atoms with Gasteiger partial charge >= 0.3 is 5.97 Å². The van der Waals surface area contributed by atoms with Gasteiger partial charge in [-0.3, -0.25) is 14.4 Å². The number of nitrogens with zero attached hydrogens (tertiary/aromatic N) is 1. The van der Waals surface area contributed by atoms with Crippen LogP contribution in [-0.4, -0.2) is 75.9 Å². The number of aromatic nitrogens is 1. The van der Waals surface area contributed by atoms with Crippen LogP contribution in [0.1, 0.15) is 57.9 Å². The summed E-state index contributed by atoms with van der Waals surface area (Å²) in [5, 5.41) is 16.1. The number of likely N-dealkylation sites (tertiary alicyclic amines) is 1. The summed E-state index contributed by atoms with van der Waals surface area (Å²) in [4.78, 5) is 56.3. The maximum absolute atomic E-state index is 13.7. The Balaban J connectivity index is 1.84. The van der Waals surface area contributed by atoms with Crippen LogP contribution in [0.4, 0.5) is 0 Å². The number of nitrogens with one attached hydrogen (secondary N) is 3. The van der Waals surface area contributed by atoms with E-state index in [0.29, 0.717) is 51.6 Å². The molecule has 1 aliphatic heterocycles. The Hall–Kier alpha value is -3.44. The summed E-state index contributed by atoms with van der Waals surface area (Å²) in [6.07, 6.45) is 4.94. The highest BCUT2D eigenvalue weighted by atomic mass is 16.4. The molecule has 39 heavy (non-hydrogen) atoms. The van der Waals surface area contributed by atoms with Gasteiger partial charge in [0.1, 0.15) is 18.1 Å². The maximum atomic E-state index is 13.7. The Labute approximate surface area is 229 Å². The Morgan fingerprint density at radius 2 is 1.82 bits per heavy atom. The monoisotopic (exact) mass is 542 g/mol. The molecule has 0 spiro atoms. The number of benzene rings is 1. The molecule has 2 heterocycles. The zero-order chi connectivity index (χ0) is 28.5. The summed E-state index contributed by atoms with van der Waals surface area (Å²) in [6, 6.07) is 4.03. The molecule has 1 aliphatic rings. The number of hydrogen-bond donors (Lipinski definition) is 6. The van der Waals surface area contributed by atoms with Crippen molar-refractivity contribution in [1.82, 2.24) is 20.5 Å². The number of unbranched alkanes of at least 4 members (excludes halogenated alkanes) is 1. The van der Waals surface area contributed by atoms with Crippen molar-refractivity contribution in [2.75, 3.05) is 13.1 Å². The van der Waals surface area contributed by atoms with Crippen LogP contribution >= 0.6 is 0 Å². The predicted octanol–water partition coefficient (Wildman–Crippen LogP) is 1.26. The van der Waals surface area contributed by atoms with E-state index in [1.165, 1.54) is 4.90 Å². The highest BCUT2D eigenvalue weighted by Crippen LogP contribution is 2.21. The van der Waals surface area contributed by atoms with Crippen LogP contribution in [0, 0.1) is 5.92 Å². The number of nitrogens with two attached hydrogens (primary N) is 2. The van der Waals surface area contributed by atoms with Crippen molar-refractivity contribution in [3.05, 3.63) is 36.0 Å². The van der Waals surface area contributed by atoms with Gasteiger partial charge in [0.2, 0.25) is 17.7 Å². The van der Waals surface area contributed by atoms with E-state index in [1.807, 2.05) is 38.1 Å². The molecule has 2 aromatic rings. The van der Waals surface area contributed by atoms with Crippen LogP contribution in [0.2, 0.25) is 0 Å². The lowest BCUT2D eigenvalue weighted by Gasteiger charge is -2.29. The third-order valence-electron chi connectivity index (χ3n) is 7.18. The second-order valence-electron chi connectivity index (χ2n) is 10.7. The van der Waals surface area contributed by atoms with Gasteiger partial charge in [0.15, 0.2) is 0 Å². The predicted molar refractivity (Wildman–Crippen MR) is 149 cm³/mol. The van der Waals surface area contributed by atoms with Crippen LogP contribution in [-0.2, 0) is 25.6 Å². The number of rotatable bonds is 14. The van der Waals surface area contributed by atoms with E-state index in [-0.39, 0.29) is 12.3 Å². The summed E-state index contributed by atoms with van der Waals surface area (Å²) in [5.74, 6) is -2.27. The average Bonchev–Trinajstić information content (AvgIpc) is 3.55. The molecule has 0 saturated carbocycles. The molecule has 0 aliphatic carbocycles. The summed E-state index contributed by atoms with van der Waals surface area (Å²) >= 11 is 0. The number of H-pyrrole nitrogens is 1. The number of carbonyl (C=O) groups excluding carboxylic acids is 3. The van der Waals surface area contributed by atoms with Crippen molar-refractivity contribution >= 4 is 34.6 Å². The molecule has 11 nitrogen and oxygen atoms in total. The Morgan fingerprint density at radius 3 is 2.51 bits per heavy atom. The fourth-order valence-corrected chi connectivity index (χ4v) is 5.13. The van der Waals surface area contributed by atoms with E-state index >= 15 is 0 Å². The van der Waals surface area contributed by atoms with Crippen molar-refractivity contribution in [2.24, 2.45) is 17.4 Å². The molecule has 1 aromatic carbocycles. The average molecular weight is 543 g/mol. The molecular formula is C28H42N6O5. The van der Waals surface area contributed by atoms with Crippen LogP contribution in [0.5, 0.6) is 0 Å². The van der Waals surface area contributed by atoms with Crippen LogP contribution in [0.3, 0.4) is 0 Å². The number of aliphatic carboxylic acids is 1. The molecule has 4 atom stereocenters. The van der Waals surface area contributed by atoms with Crippen LogP contribution in [0.15, 0.2) is 30.5 Å². The van der Waals surface area contributed by atoms with Crippen molar-refractivity contribution in [3.8, 4) is 0 Å². The van der Waals surface area contributed by atoms with Gasteiger partial charge in [0.05, 0.1) is 6.04 Å². The third kappa shape index (κ3) is 8.03. The first-order chi connectivity index (χ1) is 18.6. The third-order valence-corrected chi connectivity index (χ3v) is 7.18. The normalized spacial score (nSPS) is 17.7. The van der Waals surface area contributed by atoms with Crippen molar-refractivity contribution in [3.63, 3.8) is 0 Å². The Morgan fingerprint density at radius 1 is 1.10 bits per heavy atom. The lowest BCUT2D eigenvalue weighted by molar-refractivity contribution is -0.149. The van der Waals surface area contributed by atoms with Gasteiger partial charge in [-0.25, -0.2) is 4.79 Å². The molecule has 0 bridgehead atoms. The summed E-state index contributed by atoms with van der Waals surface area (Å²) in [6.45, 7) is 4.68. The quantitative estimate of drug-likeness (QED) is 0.194. The molecular weight excluding hydrogens is 500 g/mol. The van der Waals surface area contributed by atoms with Gasteiger partial charge in [-0.2, -0.15) is 0 Å². The first-order valence-electron chi connectivity index (χ1n) is 13.8. The SMILES string of the molecule is CC(C)CC(N)C(=O)NC(Cc1c[nH]c2ccccc12)C(=O)NC(CCCCN)C(=O)N1CCCC1C(=O)O. The number of carboxylic acid groups (broad SMARTS) is 1. The van der Waals surface area contributed by atoms with E-state index in [0.717, 1.165) is 16.5 Å². The van der Waals surface area contributed by atoms with Gasteiger partial charge < -0.3 is 37.1 Å². The van der Waals surface area contributed by atoms with Crippen molar-refractivity contribution < 1.29 is 24.3 Å². The maximum Gasteiger partial charge on any atom is 0.326 e. The van der Waals surface area contributed by atoms with Gasteiger partial charge in [-0.05, 0) is 62.6 Å². The highest BCUT2D eigenvalue weighted by molar-refractivity contribution is 5.95. The summed E-state index contributed by atoms with van der Waals surface area (Å²) in [7, 11) is 0. The molecule has 1 fully saturated rings. The number of amides is 3. The standard InChI is InChI=1S/C28H42N6O5/c1-17(2)14-20(30)25(35)33-23(15-18-16-31-21-9-4-3-8-19(18)21)26(36)32-22(10-5-6-12-29)27(37)34-13-7-11-24(34)28(38)39/h3-4,8-9,16-17,20,22-24,31H,5-7,10-15,29-30H2,1-2H3,(H,32,36)(H,33,35)(H,38,39). The fourth-order valence-electron chi connectivity index (χ4n) is 5.13. The lowest BCUT2D eigenvalue weighted by atomic mass is 10.0. The highest BCUT2D eigenvalue weighted by Gasteiger charge is 2.38. The molecule has 11 heteroatoms. The number of aromatic amines is 1. The van der Waals surface area contributed by atoms with Crippen molar-refractivity contribution in [2.45, 2.75) is 83.0 Å². The zero-order valence-electron chi connectivity index (χ0n) is 22.8. The minimum absolute atomic E-state index is 0.182. The number of fused-ring (bicyclic) bond motifs is 1. The topological polar surface area (TPSA) is 184 Å². The fraction of sp³-hybridized carbons (Fsp3) is 0.571. The van der Waals surface area contributed by atoms with Gasteiger partial charge in [0.25, 0.3) is 0 Å². The Bertz CT molecular complexity index is 1150. The molecule has 0 radical (unpaired) electrons. The van der Waals surface area contributed by atoms with Gasteiger partial charge in [-0.1, -0.05) is 32.0 Å². The second-order valence-corrected chi connectivity index (χ2v) is 10.7. The van der Waals surface area contributed by atoms with Crippen molar-refractivity contribution in [1.29, 1.82) is 0 Å². The lowest BCUT2D eigenvalue weighted by Crippen LogP contribution is -2.57. The largest absolute Gasteiger partial charge is 0.480 e. The van der Waals surface area contributed by atoms with E-state index in [2.05, 4.69) is 15.6 Å². The Kier molecular flexibility index (Phi) is 10.9. The van der Waals surface area contributed by atoms with Gasteiger partial charge in [0, 0.05) is 30.1 Å². The first kappa shape index (κ1) is 30.1. The molecule has 3 rings (SSSR count). The van der Waals surface area contributed by atoms with Crippen LogP contribution < -0.4 is 22.1 Å². The minimum Gasteiger partial charge on any atom is -0.480 e. The van der Waals surface area contributed by atoms with Gasteiger partial charge in [-0.15, -0.1) is 0 Å². The molecule has 4 unspecified atom stereocenters. The molecule has 214 valence electrons. The molecule has 1 aromatic heterocycles. The molecule has 1 saturated heterocycles. The summed E-state index contributed by atoms with van der Waals surface area (Å²) in [5.41, 5.74) is 13.5. The first-order valence-corrected chi connectivity index (χ1v) is 13.8. The van der Waals surface area contributed by atoms with E-state index in [1.54, 1.807) is 6.20 Å². The minimum atomic E-state index is -1.06.